The zero-order valence-electron chi connectivity index (χ0n) is 24.2. The summed E-state index contributed by atoms with van der Waals surface area (Å²) in [5.41, 5.74) is 7.35. The van der Waals surface area contributed by atoms with E-state index in [1.165, 1.54) is 11.9 Å². The van der Waals surface area contributed by atoms with Crippen molar-refractivity contribution in [3.05, 3.63) is 71.8 Å². The van der Waals surface area contributed by atoms with Gasteiger partial charge in [-0.05, 0) is 30.4 Å². The number of aliphatic carboxylic acids is 1. The molecule has 2 rings (SSSR count). The highest BCUT2D eigenvalue weighted by Crippen LogP contribution is 2.09. The van der Waals surface area contributed by atoms with Crippen molar-refractivity contribution in [3.63, 3.8) is 0 Å². The van der Waals surface area contributed by atoms with E-state index < -0.39 is 48.6 Å². The Kier molecular flexibility index (Phi) is 14.7. The molecule has 43 heavy (non-hydrogen) atoms. The highest BCUT2D eigenvalue weighted by Gasteiger charge is 2.29. The van der Waals surface area contributed by atoms with Crippen LogP contribution in [-0.4, -0.2) is 78.2 Å². The molecule has 2 atom stereocenters. The zero-order valence-corrected chi connectivity index (χ0v) is 24.2. The zero-order chi connectivity index (χ0) is 31.6. The number of hydrogen-bond acceptors (Lipinski definition) is 9. The summed E-state index contributed by atoms with van der Waals surface area (Å²) in [6, 6.07) is 16.1. The predicted molar refractivity (Wildman–Crippen MR) is 157 cm³/mol. The Balaban J connectivity index is 2.07. The number of nitrogens with two attached hydrogens (primary N) is 1. The van der Waals surface area contributed by atoms with Crippen LogP contribution in [0.15, 0.2) is 65.7 Å². The third kappa shape index (κ3) is 13.0. The number of alkyl carbamates (subject to hydrolysis) is 2. The number of carbonyl (C=O) groups excluding carboxylic acids is 4. The number of carboxylic acid groups (broad SMARTS) is 1. The van der Waals surface area contributed by atoms with Gasteiger partial charge in [0.2, 0.25) is 17.8 Å². The number of carboxylic acids is 1. The fraction of sp³-hybridized carbons (Fsp3) is 0.379. The van der Waals surface area contributed by atoms with Crippen LogP contribution < -0.4 is 21.7 Å². The molecule has 4 amide bonds. The van der Waals surface area contributed by atoms with Gasteiger partial charge in [-0.3, -0.25) is 30.0 Å². The van der Waals surface area contributed by atoms with Crippen LogP contribution in [0.5, 0.6) is 0 Å². The van der Waals surface area contributed by atoms with Gasteiger partial charge >= 0.3 is 18.2 Å². The van der Waals surface area contributed by atoms with Crippen molar-refractivity contribution in [1.29, 1.82) is 0 Å². The summed E-state index contributed by atoms with van der Waals surface area (Å²) in [5, 5.41) is 15.9. The monoisotopic (exact) mass is 598 g/mol. The van der Waals surface area contributed by atoms with Crippen LogP contribution in [0.1, 0.15) is 37.3 Å². The van der Waals surface area contributed by atoms with Crippen LogP contribution in [0.2, 0.25) is 0 Å². The molecule has 0 aliphatic carbocycles. The van der Waals surface area contributed by atoms with Crippen LogP contribution in [0.4, 0.5) is 9.59 Å². The van der Waals surface area contributed by atoms with Gasteiger partial charge in [0.1, 0.15) is 25.8 Å². The van der Waals surface area contributed by atoms with E-state index in [1.54, 1.807) is 55.5 Å². The lowest BCUT2D eigenvalue weighted by Gasteiger charge is -2.29. The molecule has 0 aliphatic heterocycles. The van der Waals surface area contributed by atoms with E-state index in [9.17, 15) is 24.0 Å². The maximum atomic E-state index is 12.7. The molecule has 0 bridgehead atoms. The minimum atomic E-state index is -1.24. The summed E-state index contributed by atoms with van der Waals surface area (Å²) in [6.45, 7) is 1.06. The van der Waals surface area contributed by atoms with Gasteiger partial charge in [-0.1, -0.05) is 67.6 Å². The van der Waals surface area contributed by atoms with Crippen molar-refractivity contribution < 1.29 is 38.6 Å². The van der Waals surface area contributed by atoms with Gasteiger partial charge in [-0.2, -0.15) is 0 Å². The van der Waals surface area contributed by atoms with Crippen LogP contribution in [0, 0.1) is 0 Å². The molecule has 0 heterocycles. The molecule has 2 aromatic rings. The number of nitrogens with zero attached hydrogens (tertiary/aromatic N) is 2. The number of benzene rings is 2. The van der Waals surface area contributed by atoms with Gasteiger partial charge in [0.15, 0.2) is 0 Å². The fourth-order valence-electron chi connectivity index (χ4n) is 3.67. The maximum absolute atomic E-state index is 12.7. The van der Waals surface area contributed by atoms with Crippen molar-refractivity contribution in [2.45, 2.75) is 51.5 Å². The highest BCUT2D eigenvalue weighted by atomic mass is 16.6. The minimum absolute atomic E-state index is 0.00215. The second-order valence-electron chi connectivity index (χ2n) is 9.34. The molecule has 0 aromatic heterocycles. The molecule has 0 spiro atoms. The first-order valence-corrected chi connectivity index (χ1v) is 13.6. The molecule has 0 aliphatic rings. The van der Waals surface area contributed by atoms with Crippen LogP contribution >= 0.6 is 0 Å². The number of hydrogen-bond donors (Lipinski definition) is 5. The molecule has 14 nitrogen and oxygen atoms in total. The quantitative estimate of drug-likeness (QED) is 0.122. The SMILES string of the molecule is CC[C@@H](N)C(=O)N(C)[C@@H](CCCN=C(NC(=O)OCc1ccccc1)NC(=O)OCc1ccccc1)C(=O)NCC(=O)O. The van der Waals surface area contributed by atoms with E-state index in [-0.39, 0.29) is 38.6 Å². The van der Waals surface area contributed by atoms with Crippen LogP contribution in [0.25, 0.3) is 0 Å². The van der Waals surface area contributed by atoms with Crippen molar-refractivity contribution >= 4 is 35.9 Å². The number of aliphatic imine (C=N–C) groups is 1. The summed E-state index contributed by atoms with van der Waals surface area (Å²) in [7, 11) is 1.41. The fourth-order valence-corrected chi connectivity index (χ4v) is 3.67. The van der Waals surface area contributed by atoms with E-state index >= 15 is 0 Å². The molecule has 0 fully saturated rings. The van der Waals surface area contributed by atoms with Crippen LogP contribution in [-0.2, 0) is 37.1 Å². The normalized spacial score (nSPS) is 11.7. The first kappa shape index (κ1) is 34.2. The Morgan fingerprint density at radius 1 is 0.907 bits per heavy atom. The van der Waals surface area contributed by atoms with E-state index in [4.69, 9.17) is 20.3 Å². The van der Waals surface area contributed by atoms with E-state index in [2.05, 4.69) is 20.9 Å². The Morgan fingerprint density at radius 2 is 1.42 bits per heavy atom. The molecule has 6 N–H and O–H groups in total. The van der Waals surface area contributed by atoms with E-state index in [1.807, 2.05) is 12.1 Å². The van der Waals surface area contributed by atoms with Crippen molar-refractivity contribution in [1.82, 2.24) is 20.9 Å². The van der Waals surface area contributed by atoms with Gasteiger partial charge in [-0.25, -0.2) is 9.59 Å². The summed E-state index contributed by atoms with van der Waals surface area (Å²) in [6.07, 6.45) is -1.13. The number of carbonyl (C=O) groups is 5. The Labute approximate surface area is 249 Å². The topological polar surface area (TPSA) is 202 Å². The number of rotatable bonds is 14. The number of nitrogens with one attached hydrogen (secondary N) is 3. The second-order valence-corrected chi connectivity index (χ2v) is 9.34. The maximum Gasteiger partial charge on any atom is 0.414 e. The third-order valence-corrected chi connectivity index (χ3v) is 6.06. The largest absolute Gasteiger partial charge is 0.480 e. The van der Waals surface area contributed by atoms with Gasteiger partial charge in [-0.15, -0.1) is 0 Å². The molecule has 232 valence electrons. The van der Waals surface area contributed by atoms with E-state index in [0.717, 1.165) is 11.1 Å². The highest BCUT2D eigenvalue weighted by molar-refractivity contribution is 6.01. The lowest BCUT2D eigenvalue weighted by molar-refractivity contribution is -0.142. The Bertz CT molecular complexity index is 1180. The molecule has 14 heteroatoms. The average molecular weight is 599 g/mol. The average Bonchev–Trinajstić information content (AvgIpc) is 3.01. The third-order valence-electron chi connectivity index (χ3n) is 6.06. The van der Waals surface area contributed by atoms with Crippen molar-refractivity contribution in [2.75, 3.05) is 20.1 Å². The Morgan fingerprint density at radius 3 is 1.88 bits per heavy atom. The molecule has 2 aromatic carbocycles. The van der Waals surface area contributed by atoms with Crippen molar-refractivity contribution in [3.8, 4) is 0 Å². The lowest BCUT2D eigenvalue weighted by Crippen LogP contribution is -2.52. The summed E-state index contributed by atoms with van der Waals surface area (Å²) < 4.78 is 10.4. The molecular weight excluding hydrogens is 560 g/mol. The van der Waals surface area contributed by atoms with Gasteiger partial charge in [0, 0.05) is 13.6 Å². The summed E-state index contributed by atoms with van der Waals surface area (Å²) in [4.78, 5) is 66.5. The van der Waals surface area contributed by atoms with Crippen LogP contribution in [0.3, 0.4) is 0 Å². The Hall–Kier alpha value is -4.98. The van der Waals surface area contributed by atoms with Crippen molar-refractivity contribution in [2.24, 2.45) is 10.7 Å². The number of amides is 4. The lowest BCUT2D eigenvalue weighted by atomic mass is 10.1. The molecule has 0 saturated heterocycles. The second kappa shape index (κ2) is 18.5. The smallest absolute Gasteiger partial charge is 0.414 e. The summed E-state index contributed by atoms with van der Waals surface area (Å²) >= 11 is 0. The van der Waals surface area contributed by atoms with Gasteiger partial charge in [0.25, 0.3) is 0 Å². The summed E-state index contributed by atoms with van der Waals surface area (Å²) in [5.74, 6) is -2.64. The predicted octanol–water partition coefficient (Wildman–Crippen LogP) is 1.74. The minimum Gasteiger partial charge on any atom is -0.480 e. The number of ether oxygens (including phenoxy) is 2. The molecule has 0 saturated carbocycles. The molecular formula is C29H38N6O8. The molecule has 0 radical (unpaired) electrons. The molecule has 0 unspecified atom stereocenters. The van der Waals surface area contributed by atoms with Gasteiger partial charge < -0.3 is 30.5 Å². The first-order valence-electron chi connectivity index (χ1n) is 13.6. The van der Waals surface area contributed by atoms with Gasteiger partial charge in [0.05, 0.1) is 6.04 Å². The first-order chi connectivity index (χ1) is 20.6. The number of guanidine groups is 1. The standard InChI is InChI=1S/C29H38N6O8/c1-3-22(30)26(39)35(2)23(25(38)32-17-24(36)37)15-10-16-31-27(33-28(40)42-18-20-11-6-4-7-12-20)34-29(41)43-19-21-13-8-5-9-14-21/h4-9,11-14,22-23H,3,10,15-19,30H2,1-2H3,(H,32,38)(H,36,37)(H2,31,33,34,40,41)/t22-,23+/m1/s1. The number of likely N-dealkylation sites (N-methyl/N-ethyl adjacent to an activating group) is 1. The van der Waals surface area contributed by atoms with E-state index in [0.29, 0.717) is 6.42 Å².